The molecule has 0 bridgehead atoms. The number of benzene rings is 2. The van der Waals surface area contributed by atoms with Gasteiger partial charge < -0.3 is 5.11 Å². The third-order valence-electron chi connectivity index (χ3n) is 8.82. The number of aliphatic hydroxyl groups excluding tert-OH is 1. The Balaban J connectivity index is 0.000000322. The largest absolute Gasteiger partial charge is 0.512 e. The molecule has 0 atom stereocenters. The fourth-order valence-electron chi connectivity index (χ4n) is 5.95. The van der Waals surface area contributed by atoms with Gasteiger partial charge in [0.05, 0.1) is 5.76 Å². The van der Waals surface area contributed by atoms with Crippen molar-refractivity contribution in [1.29, 1.82) is 0 Å². The van der Waals surface area contributed by atoms with Gasteiger partial charge in [0.2, 0.25) is 0 Å². The molecule has 0 unspecified atom stereocenters. The summed E-state index contributed by atoms with van der Waals surface area (Å²) in [6.45, 7) is 19.4. The average Bonchev–Trinajstić information content (AvgIpc) is 3.61. The SMILES string of the molecule is CCC(CC)C(=O)/C=C(\O)C(CC)CC.Cc1sc2c(c(-c3cc(-c4ccc(CC(C)(C)C)s4)ccn3)[c-]c3ccccc32)c1C.[Ir]. The fourth-order valence-corrected chi connectivity index (χ4v) is 8.46. The van der Waals surface area contributed by atoms with Gasteiger partial charge in [-0.1, -0.05) is 94.6 Å². The summed E-state index contributed by atoms with van der Waals surface area (Å²) in [4.78, 5) is 20.6. The number of aryl methyl sites for hydroxylation is 2. The third-order valence-corrected chi connectivity index (χ3v) is 11.2. The summed E-state index contributed by atoms with van der Waals surface area (Å²) in [5.41, 5.74) is 4.98. The van der Waals surface area contributed by atoms with E-state index in [1.54, 1.807) is 0 Å². The van der Waals surface area contributed by atoms with Gasteiger partial charge in [0, 0.05) is 59.7 Å². The van der Waals surface area contributed by atoms with Gasteiger partial charge in [-0.05, 0) is 84.7 Å². The predicted molar refractivity (Wildman–Crippen MR) is 201 cm³/mol. The van der Waals surface area contributed by atoms with Crippen LogP contribution >= 0.6 is 22.7 Å². The predicted octanol–water partition coefficient (Wildman–Crippen LogP) is 12.7. The first-order chi connectivity index (χ1) is 21.9. The van der Waals surface area contributed by atoms with Gasteiger partial charge in [-0.15, -0.1) is 28.9 Å². The van der Waals surface area contributed by atoms with E-state index in [1.165, 1.54) is 47.3 Å². The van der Waals surface area contributed by atoms with Crippen LogP contribution in [0.15, 0.2) is 66.6 Å². The van der Waals surface area contributed by atoms with Crippen molar-refractivity contribution in [2.75, 3.05) is 0 Å². The molecule has 5 rings (SSSR count). The Morgan fingerprint density at radius 2 is 1.60 bits per heavy atom. The molecule has 0 fully saturated rings. The Morgan fingerprint density at radius 1 is 0.936 bits per heavy atom. The number of hydrogen-bond donors (Lipinski definition) is 1. The molecule has 1 N–H and O–H groups in total. The summed E-state index contributed by atoms with van der Waals surface area (Å²) in [5.74, 6) is 0.547. The first kappa shape index (κ1) is 38.8. The van der Waals surface area contributed by atoms with Gasteiger partial charge in [0.15, 0.2) is 5.78 Å². The summed E-state index contributed by atoms with van der Waals surface area (Å²) in [6, 6.07) is 21.2. The third kappa shape index (κ3) is 9.50. The number of carbonyl (C=O) groups excluding carboxylic acids is 1. The number of carbonyl (C=O) groups is 1. The van der Waals surface area contributed by atoms with E-state index >= 15 is 0 Å². The number of fused-ring (bicyclic) bond motifs is 3. The van der Waals surface area contributed by atoms with Crippen molar-refractivity contribution in [3.63, 3.8) is 0 Å². The van der Waals surface area contributed by atoms with E-state index in [2.05, 4.69) is 89.2 Å². The molecule has 1 radical (unpaired) electrons. The Labute approximate surface area is 303 Å². The zero-order valence-corrected chi connectivity index (χ0v) is 33.4. The quantitative estimate of drug-likeness (QED) is 0.0865. The number of ketones is 1. The van der Waals surface area contributed by atoms with E-state index in [-0.39, 0.29) is 43.5 Å². The molecule has 3 nitrogen and oxygen atoms in total. The molecule has 0 amide bonds. The molecule has 253 valence electrons. The maximum atomic E-state index is 11.7. The molecule has 0 aliphatic carbocycles. The molecule has 3 heterocycles. The number of aliphatic hydroxyl groups is 1. The van der Waals surface area contributed by atoms with Crippen LogP contribution in [0.5, 0.6) is 0 Å². The Kier molecular flexibility index (Phi) is 14.2. The van der Waals surface area contributed by atoms with Crippen molar-refractivity contribution in [1.82, 2.24) is 4.98 Å². The van der Waals surface area contributed by atoms with Gasteiger partial charge in [0.25, 0.3) is 0 Å². The maximum Gasteiger partial charge on any atom is 0.162 e. The number of rotatable bonds is 10. The normalized spacial score (nSPS) is 12.0. The van der Waals surface area contributed by atoms with E-state index in [0.717, 1.165) is 48.7 Å². The summed E-state index contributed by atoms with van der Waals surface area (Å²) >= 11 is 3.77. The van der Waals surface area contributed by atoms with Crippen LogP contribution in [0.4, 0.5) is 0 Å². The summed E-state index contributed by atoms with van der Waals surface area (Å²) in [5, 5.41) is 13.5. The summed E-state index contributed by atoms with van der Waals surface area (Å²) in [7, 11) is 0. The second-order valence-electron chi connectivity index (χ2n) is 13.5. The summed E-state index contributed by atoms with van der Waals surface area (Å²) in [6.07, 6.45) is 7.95. The molecule has 0 saturated heterocycles. The minimum Gasteiger partial charge on any atom is -0.512 e. The van der Waals surface area contributed by atoms with E-state index in [0.29, 0.717) is 5.41 Å². The smallest absolute Gasteiger partial charge is 0.162 e. The number of hydrogen-bond acceptors (Lipinski definition) is 5. The zero-order valence-electron chi connectivity index (χ0n) is 29.4. The second kappa shape index (κ2) is 17.2. The fraction of sp³-hybridized carbons (Fsp3) is 0.415. The zero-order chi connectivity index (χ0) is 33.6. The van der Waals surface area contributed by atoms with E-state index in [1.807, 2.05) is 56.6 Å². The van der Waals surface area contributed by atoms with Crippen molar-refractivity contribution in [3.8, 4) is 21.7 Å². The Morgan fingerprint density at radius 3 is 2.23 bits per heavy atom. The number of pyridine rings is 1. The Hall–Kier alpha value is -2.63. The average molecular weight is 845 g/mol. The minimum absolute atomic E-state index is 0. The van der Waals surface area contributed by atoms with Crippen LogP contribution in [0.1, 0.15) is 89.5 Å². The van der Waals surface area contributed by atoms with Crippen LogP contribution in [0, 0.1) is 37.2 Å². The van der Waals surface area contributed by atoms with Gasteiger partial charge >= 0.3 is 0 Å². The van der Waals surface area contributed by atoms with Gasteiger partial charge in [-0.2, -0.15) is 11.3 Å². The molecular formula is C41H50IrNO2S2-. The number of allylic oxidation sites excluding steroid dienone is 2. The van der Waals surface area contributed by atoms with E-state index in [4.69, 9.17) is 4.98 Å². The van der Waals surface area contributed by atoms with Crippen LogP contribution in [0.3, 0.4) is 0 Å². The van der Waals surface area contributed by atoms with Crippen molar-refractivity contribution in [3.05, 3.63) is 87.9 Å². The molecule has 5 aromatic rings. The number of aromatic nitrogens is 1. The van der Waals surface area contributed by atoms with Gasteiger partial charge in [-0.25, -0.2) is 0 Å². The monoisotopic (exact) mass is 845 g/mol. The minimum atomic E-state index is 0. The summed E-state index contributed by atoms with van der Waals surface area (Å²) < 4.78 is 1.34. The van der Waals surface area contributed by atoms with Gasteiger partial charge in [-0.3, -0.25) is 9.78 Å². The molecule has 0 aliphatic heterocycles. The molecule has 2 aromatic carbocycles. The van der Waals surface area contributed by atoms with Crippen molar-refractivity contribution in [2.45, 2.75) is 94.4 Å². The van der Waals surface area contributed by atoms with Crippen molar-refractivity contribution in [2.24, 2.45) is 17.3 Å². The first-order valence-electron chi connectivity index (χ1n) is 16.7. The van der Waals surface area contributed by atoms with Crippen LogP contribution in [0.2, 0.25) is 0 Å². The van der Waals surface area contributed by atoms with E-state index < -0.39 is 0 Å². The van der Waals surface area contributed by atoms with Crippen LogP contribution in [-0.4, -0.2) is 15.9 Å². The van der Waals surface area contributed by atoms with Crippen LogP contribution in [0.25, 0.3) is 42.6 Å². The van der Waals surface area contributed by atoms with Crippen LogP contribution < -0.4 is 0 Å². The molecule has 3 aromatic heterocycles. The topological polar surface area (TPSA) is 50.2 Å². The van der Waals surface area contributed by atoms with Gasteiger partial charge in [0.1, 0.15) is 0 Å². The molecule has 0 saturated carbocycles. The molecule has 0 spiro atoms. The number of thiophene rings is 2. The molecule has 6 heteroatoms. The molecule has 0 aliphatic rings. The maximum absolute atomic E-state index is 11.7. The molecular weight excluding hydrogens is 795 g/mol. The van der Waals surface area contributed by atoms with Crippen molar-refractivity contribution >= 4 is 49.3 Å². The Bertz CT molecular complexity index is 1820. The van der Waals surface area contributed by atoms with Crippen molar-refractivity contribution < 1.29 is 30.0 Å². The van der Waals surface area contributed by atoms with E-state index in [9.17, 15) is 9.90 Å². The standard InChI is InChI=1S/C28H26NS2.C13H24O2.Ir/c1-17-18(2)30-27-22-9-7-6-8-19(22)14-23(26(17)27)24-15-20(12-13-29-24)25-11-10-21(31-25)16-28(3,4)5;1-5-10(6-2)12(14)9-13(15)11(7-3)8-4;/h6-13,15H,16H2,1-5H3;9-11,14H,5-8H2,1-4H3;/q-1;;/b;12-9-;. The first-order valence-corrected chi connectivity index (χ1v) is 18.4. The second-order valence-corrected chi connectivity index (χ2v) is 15.9. The van der Waals surface area contributed by atoms with Crippen LogP contribution in [-0.2, 0) is 31.3 Å². The number of nitrogens with zero attached hydrogens (tertiary/aromatic N) is 1. The molecule has 47 heavy (non-hydrogen) atoms.